The van der Waals surface area contributed by atoms with Crippen molar-refractivity contribution in [2.75, 3.05) is 6.61 Å². The molecule has 1 aromatic rings. The van der Waals surface area contributed by atoms with Crippen LogP contribution in [0.1, 0.15) is 37.6 Å². The van der Waals surface area contributed by atoms with E-state index in [1.807, 2.05) is 12.3 Å². The van der Waals surface area contributed by atoms with Crippen molar-refractivity contribution < 1.29 is 14.6 Å². The lowest BCUT2D eigenvalue weighted by Crippen LogP contribution is -2.33. The van der Waals surface area contributed by atoms with Crippen LogP contribution in [0.4, 0.5) is 0 Å². The molecule has 0 spiro atoms. The summed E-state index contributed by atoms with van der Waals surface area (Å²) in [4.78, 5) is 15.9. The first-order valence-corrected chi connectivity index (χ1v) is 6.04. The molecule has 1 atom stereocenters. The monoisotopic (exact) mass is 243 g/mol. The summed E-state index contributed by atoms with van der Waals surface area (Å²) in [5.41, 5.74) is -0.126. The molecule has 0 bridgehead atoms. The number of rotatable bonds is 4. The van der Waals surface area contributed by atoms with Gasteiger partial charge in [-0.25, -0.2) is 4.98 Å². The Morgan fingerprint density at radius 3 is 2.75 bits per heavy atom. The Morgan fingerprint density at radius 1 is 1.69 bits per heavy atom. The Kier molecular flexibility index (Phi) is 4.04. The zero-order valence-corrected chi connectivity index (χ0v) is 10.8. The van der Waals surface area contributed by atoms with Crippen LogP contribution < -0.4 is 0 Å². The summed E-state index contributed by atoms with van der Waals surface area (Å²) in [6.07, 6.45) is -0.926. The summed E-state index contributed by atoms with van der Waals surface area (Å²) in [6.45, 7) is 7.22. The van der Waals surface area contributed by atoms with E-state index in [1.165, 1.54) is 11.3 Å². The lowest BCUT2D eigenvalue weighted by Gasteiger charge is -2.26. The molecule has 1 rings (SSSR count). The molecule has 90 valence electrons. The fourth-order valence-electron chi connectivity index (χ4n) is 1.24. The molecule has 1 unspecified atom stereocenters. The van der Waals surface area contributed by atoms with Crippen LogP contribution in [0.25, 0.3) is 0 Å². The standard InChI is InChI=1S/C11H17NO3S/c1-5-15-10(14)11(3,4)8(13)9-12-7(2)6-16-9/h6,8,13H,5H2,1-4H3. The first kappa shape index (κ1) is 13.1. The molecule has 0 fully saturated rings. The number of hydrogen-bond acceptors (Lipinski definition) is 5. The Morgan fingerprint density at radius 2 is 2.31 bits per heavy atom. The third kappa shape index (κ3) is 2.59. The number of carbonyl (C=O) groups is 1. The average Bonchev–Trinajstić information content (AvgIpc) is 2.64. The van der Waals surface area contributed by atoms with Gasteiger partial charge >= 0.3 is 5.97 Å². The second-order valence-corrected chi connectivity index (χ2v) is 5.06. The predicted molar refractivity (Wildman–Crippen MR) is 62.2 cm³/mol. The van der Waals surface area contributed by atoms with E-state index in [-0.39, 0.29) is 0 Å². The molecule has 5 heteroatoms. The van der Waals surface area contributed by atoms with E-state index in [0.717, 1.165) is 5.69 Å². The summed E-state index contributed by atoms with van der Waals surface area (Å²) in [7, 11) is 0. The SMILES string of the molecule is CCOC(=O)C(C)(C)C(O)c1nc(C)cs1. The van der Waals surface area contributed by atoms with Crippen molar-refractivity contribution in [2.45, 2.75) is 33.8 Å². The minimum absolute atomic E-state index is 0.311. The van der Waals surface area contributed by atoms with Gasteiger partial charge in [0, 0.05) is 11.1 Å². The zero-order valence-electron chi connectivity index (χ0n) is 9.98. The smallest absolute Gasteiger partial charge is 0.314 e. The maximum absolute atomic E-state index is 11.7. The number of aromatic nitrogens is 1. The first-order valence-electron chi connectivity index (χ1n) is 5.17. The van der Waals surface area contributed by atoms with Crippen molar-refractivity contribution in [1.82, 2.24) is 4.98 Å². The van der Waals surface area contributed by atoms with E-state index in [2.05, 4.69) is 4.98 Å². The zero-order chi connectivity index (χ0) is 12.3. The summed E-state index contributed by atoms with van der Waals surface area (Å²) in [6, 6.07) is 0. The van der Waals surface area contributed by atoms with Crippen molar-refractivity contribution >= 4 is 17.3 Å². The number of aryl methyl sites for hydroxylation is 1. The summed E-state index contributed by atoms with van der Waals surface area (Å²) in [5, 5.41) is 12.5. The van der Waals surface area contributed by atoms with Crippen LogP contribution in [0.3, 0.4) is 0 Å². The van der Waals surface area contributed by atoms with Crippen LogP contribution in [-0.2, 0) is 9.53 Å². The lowest BCUT2D eigenvalue weighted by atomic mass is 9.87. The quantitative estimate of drug-likeness (QED) is 0.822. The molecule has 0 aliphatic carbocycles. The topological polar surface area (TPSA) is 59.4 Å². The number of hydrogen-bond donors (Lipinski definition) is 1. The molecule has 0 amide bonds. The number of aliphatic hydroxyl groups excluding tert-OH is 1. The van der Waals surface area contributed by atoms with E-state index in [4.69, 9.17) is 4.74 Å². The Balaban J connectivity index is 2.87. The van der Waals surface area contributed by atoms with Gasteiger partial charge in [0.25, 0.3) is 0 Å². The van der Waals surface area contributed by atoms with Crippen molar-refractivity contribution in [1.29, 1.82) is 0 Å². The molecule has 0 saturated heterocycles. The molecule has 0 saturated carbocycles. The van der Waals surface area contributed by atoms with Crippen LogP contribution in [-0.4, -0.2) is 22.7 Å². The van der Waals surface area contributed by atoms with Crippen molar-refractivity contribution in [2.24, 2.45) is 5.41 Å². The van der Waals surface area contributed by atoms with Gasteiger partial charge in [0.2, 0.25) is 0 Å². The molecule has 0 aliphatic rings. The van der Waals surface area contributed by atoms with Gasteiger partial charge in [0.15, 0.2) is 0 Å². The second kappa shape index (κ2) is 4.93. The summed E-state index contributed by atoms with van der Waals surface area (Å²) >= 11 is 1.35. The number of thiazole rings is 1. The maximum Gasteiger partial charge on any atom is 0.314 e. The Bertz CT molecular complexity index is 373. The molecule has 16 heavy (non-hydrogen) atoms. The van der Waals surface area contributed by atoms with Crippen molar-refractivity contribution in [3.63, 3.8) is 0 Å². The van der Waals surface area contributed by atoms with Crippen molar-refractivity contribution in [3.8, 4) is 0 Å². The molecule has 0 aromatic carbocycles. The third-order valence-electron chi connectivity index (χ3n) is 2.36. The van der Waals surface area contributed by atoms with Crippen LogP contribution in [0.5, 0.6) is 0 Å². The Hall–Kier alpha value is -0.940. The van der Waals surface area contributed by atoms with Gasteiger partial charge < -0.3 is 9.84 Å². The third-order valence-corrected chi connectivity index (χ3v) is 3.37. The highest BCUT2D eigenvalue weighted by molar-refractivity contribution is 7.09. The van der Waals surface area contributed by atoms with E-state index < -0.39 is 17.5 Å². The number of aliphatic hydroxyl groups is 1. The van der Waals surface area contributed by atoms with E-state index >= 15 is 0 Å². The highest BCUT2D eigenvalue weighted by atomic mass is 32.1. The molecular formula is C11H17NO3S. The predicted octanol–water partition coefficient (Wildman–Crippen LogP) is 2.07. The van der Waals surface area contributed by atoms with Gasteiger partial charge in [0.1, 0.15) is 11.1 Å². The van der Waals surface area contributed by atoms with Crippen LogP contribution in [0.15, 0.2) is 5.38 Å². The minimum atomic E-state index is -0.972. The maximum atomic E-state index is 11.7. The van der Waals surface area contributed by atoms with Gasteiger partial charge in [0.05, 0.1) is 12.0 Å². The number of esters is 1. The number of nitrogens with zero attached hydrogens (tertiary/aromatic N) is 1. The highest BCUT2D eigenvalue weighted by Crippen LogP contribution is 2.35. The molecule has 0 aliphatic heterocycles. The van der Waals surface area contributed by atoms with Gasteiger partial charge in [-0.3, -0.25) is 4.79 Å². The molecular weight excluding hydrogens is 226 g/mol. The number of ether oxygens (including phenoxy) is 1. The normalized spacial score (nSPS) is 13.6. The van der Waals surface area contributed by atoms with Gasteiger partial charge in [-0.1, -0.05) is 0 Å². The minimum Gasteiger partial charge on any atom is -0.465 e. The van der Waals surface area contributed by atoms with E-state index in [0.29, 0.717) is 11.6 Å². The molecule has 1 heterocycles. The Labute approximate surface area is 99.3 Å². The summed E-state index contributed by atoms with van der Waals surface area (Å²) in [5.74, 6) is -0.407. The van der Waals surface area contributed by atoms with E-state index in [1.54, 1.807) is 20.8 Å². The first-order chi connectivity index (χ1) is 7.39. The van der Waals surface area contributed by atoms with Gasteiger partial charge in [-0.15, -0.1) is 11.3 Å². The molecule has 4 nitrogen and oxygen atoms in total. The second-order valence-electron chi connectivity index (χ2n) is 4.17. The molecule has 1 N–H and O–H groups in total. The highest BCUT2D eigenvalue weighted by Gasteiger charge is 2.39. The van der Waals surface area contributed by atoms with Crippen LogP contribution >= 0.6 is 11.3 Å². The van der Waals surface area contributed by atoms with Crippen LogP contribution in [0.2, 0.25) is 0 Å². The molecule has 0 radical (unpaired) electrons. The van der Waals surface area contributed by atoms with Gasteiger partial charge in [-0.05, 0) is 27.7 Å². The molecule has 1 aromatic heterocycles. The fourth-order valence-corrected chi connectivity index (χ4v) is 2.20. The average molecular weight is 243 g/mol. The van der Waals surface area contributed by atoms with Gasteiger partial charge in [-0.2, -0.15) is 0 Å². The van der Waals surface area contributed by atoms with Crippen LogP contribution in [0, 0.1) is 12.3 Å². The number of carbonyl (C=O) groups excluding carboxylic acids is 1. The summed E-state index contributed by atoms with van der Waals surface area (Å²) < 4.78 is 4.93. The fraction of sp³-hybridized carbons (Fsp3) is 0.636. The lowest BCUT2D eigenvalue weighted by molar-refractivity contribution is -0.160. The van der Waals surface area contributed by atoms with E-state index in [9.17, 15) is 9.90 Å². The van der Waals surface area contributed by atoms with Crippen molar-refractivity contribution in [3.05, 3.63) is 16.1 Å². The largest absolute Gasteiger partial charge is 0.465 e.